The number of para-hydroxylation sites is 1. The number of carbonyl (C=O) groups excluding carboxylic acids is 1. The SMILES string of the molecule is CCCc1cc(C(=O)NCc2nc(NCc3cccc(C(F)(F)F)c3)c3ccccc3n2)n(C)n1. The van der Waals surface area contributed by atoms with E-state index in [2.05, 4.69) is 25.7 Å². The number of amides is 1. The number of carbonyl (C=O) groups is 1. The molecule has 2 N–H and O–H groups in total. The Labute approximate surface area is 200 Å². The summed E-state index contributed by atoms with van der Waals surface area (Å²) in [5.74, 6) is 0.556. The number of nitrogens with zero attached hydrogens (tertiary/aromatic N) is 4. The molecule has 0 aliphatic heterocycles. The fraction of sp³-hybridized carbons (Fsp3) is 0.280. The summed E-state index contributed by atoms with van der Waals surface area (Å²) >= 11 is 0. The van der Waals surface area contributed by atoms with Crippen LogP contribution in [0.4, 0.5) is 19.0 Å². The van der Waals surface area contributed by atoms with Gasteiger partial charge in [-0.05, 0) is 42.3 Å². The molecule has 182 valence electrons. The first-order valence-corrected chi connectivity index (χ1v) is 11.2. The minimum absolute atomic E-state index is 0.0796. The van der Waals surface area contributed by atoms with Gasteiger partial charge in [-0.2, -0.15) is 18.3 Å². The van der Waals surface area contributed by atoms with E-state index in [0.29, 0.717) is 28.4 Å². The molecule has 0 saturated carbocycles. The van der Waals surface area contributed by atoms with Crippen LogP contribution in [-0.2, 0) is 32.7 Å². The number of hydrogen-bond donors (Lipinski definition) is 2. The molecular formula is C25H25F3N6O. The first kappa shape index (κ1) is 24.2. The highest BCUT2D eigenvalue weighted by atomic mass is 19.4. The maximum absolute atomic E-state index is 13.0. The lowest BCUT2D eigenvalue weighted by atomic mass is 10.1. The van der Waals surface area contributed by atoms with Gasteiger partial charge in [-0.1, -0.05) is 37.6 Å². The van der Waals surface area contributed by atoms with E-state index < -0.39 is 11.7 Å². The van der Waals surface area contributed by atoms with Crippen LogP contribution in [0.5, 0.6) is 0 Å². The zero-order chi connectivity index (χ0) is 25.0. The third-order valence-electron chi connectivity index (χ3n) is 5.44. The summed E-state index contributed by atoms with van der Waals surface area (Å²) in [5, 5.41) is 11.0. The van der Waals surface area contributed by atoms with Crippen molar-refractivity contribution in [3.63, 3.8) is 0 Å². The average Bonchev–Trinajstić information content (AvgIpc) is 3.21. The highest BCUT2D eigenvalue weighted by Gasteiger charge is 2.30. The van der Waals surface area contributed by atoms with Gasteiger partial charge in [0.1, 0.15) is 11.5 Å². The minimum Gasteiger partial charge on any atom is -0.365 e. The first-order valence-electron chi connectivity index (χ1n) is 11.2. The number of halogens is 3. The standard InChI is InChI=1S/C25H25F3N6O/c1-3-7-18-13-21(34(2)33-18)24(35)30-15-22-31-20-11-5-4-10-19(20)23(32-22)29-14-16-8-6-9-17(12-16)25(26,27)28/h4-6,8-13H,3,7,14-15H2,1-2H3,(H,30,35)(H,29,31,32). The van der Waals surface area contributed by atoms with Gasteiger partial charge in [0.25, 0.3) is 5.91 Å². The lowest BCUT2D eigenvalue weighted by Gasteiger charge is -2.13. The maximum atomic E-state index is 13.0. The number of benzene rings is 2. The summed E-state index contributed by atoms with van der Waals surface area (Å²) < 4.78 is 40.7. The van der Waals surface area contributed by atoms with Crippen LogP contribution < -0.4 is 10.6 Å². The Morgan fingerprint density at radius 3 is 2.60 bits per heavy atom. The number of nitrogens with one attached hydrogen (secondary N) is 2. The molecular weight excluding hydrogens is 457 g/mol. The molecule has 0 saturated heterocycles. The van der Waals surface area contributed by atoms with Gasteiger partial charge >= 0.3 is 6.18 Å². The fourth-order valence-electron chi connectivity index (χ4n) is 3.75. The number of alkyl halides is 3. The lowest BCUT2D eigenvalue weighted by Crippen LogP contribution is -2.26. The van der Waals surface area contributed by atoms with Gasteiger partial charge in [-0.15, -0.1) is 0 Å². The molecule has 2 aromatic carbocycles. The lowest BCUT2D eigenvalue weighted by molar-refractivity contribution is -0.137. The molecule has 0 unspecified atom stereocenters. The van der Waals surface area contributed by atoms with E-state index >= 15 is 0 Å². The van der Waals surface area contributed by atoms with Gasteiger partial charge in [0, 0.05) is 19.0 Å². The van der Waals surface area contributed by atoms with Crippen molar-refractivity contribution in [2.24, 2.45) is 7.05 Å². The van der Waals surface area contributed by atoms with Gasteiger partial charge in [0.15, 0.2) is 5.82 Å². The fourth-order valence-corrected chi connectivity index (χ4v) is 3.75. The predicted molar refractivity (Wildman–Crippen MR) is 127 cm³/mol. The molecule has 0 spiro atoms. The van der Waals surface area contributed by atoms with Crippen molar-refractivity contribution in [1.29, 1.82) is 0 Å². The maximum Gasteiger partial charge on any atom is 0.416 e. The molecule has 1 amide bonds. The molecule has 0 bridgehead atoms. The van der Waals surface area contributed by atoms with Crippen LogP contribution in [0.2, 0.25) is 0 Å². The number of aryl methyl sites for hydroxylation is 2. The zero-order valence-corrected chi connectivity index (χ0v) is 19.4. The summed E-state index contributed by atoms with van der Waals surface area (Å²) in [6.07, 6.45) is -2.69. The number of fused-ring (bicyclic) bond motifs is 1. The van der Waals surface area contributed by atoms with Crippen LogP contribution >= 0.6 is 0 Å². The molecule has 10 heteroatoms. The minimum atomic E-state index is -4.41. The second kappa shape index (κ2) is 10.1. The van der Waals surface area contributed by atoms with Crippen molar-refractivity contribution in [2.45, 2.75) is 39.0 Å². The Hall–Kier alpha value is -3.95. The van der Waals surface area contributed by atoms with E-state index in [1.54, 1.807) is 23.9 Å². The van der Waals surface area contributed by atoms with Gasteiger partial charge < -0.3 is 10.6 Å². The molecule has 0 fully saturated rings. The van der Waals surface area contributed by atoms with E-state index in [1.807, 2.05) is 31.2 Å². The van der Waals surface area contributed by atoms with Crippen LogP contribution in [0.15, 0.2) is 54.6 Å². The van der Waals surface area contributed by atoms with Gasteiger partial charge in [-0.25, -0.2) is 9.97 Å². The number of hydrogen-bond acceptors (Lipinski definition) is 5. The van der Waals surface area contributed by atoms with Crippen molar-refractivity contribution in [3.8, 4) is 0 Å². The molecule has 0 aliphatic carbocycles. The van der Waals surface area contributed by atoms with Crippen molar-refractivity contribution in [2.75, 3.05) is 5.32 Å². The molecule has 4 rings (SSSR count). The molecule has 4 aromatic rings. The normalized spacial score (nSPS) is 11.6. The number of rotatable bonds is 8. The van der Waals surface area contributed by atoms with Crippen LogP contribution in [0, 0.1) is 0 Å². The van der Waals surface area contributed by atoms with E-state index in [0.717, 1.165) is 36.1 Å². The molecule has 2 heterocycles. The quantitative estimate of drug-likeness (QED) is 0.374. The summed E-state index contributed by atoms with van der Waals surface area (Å²) in [7, 11) is 1.72. The highest BCUT2D eigenvalue weighted by molar-refractivity contribution is 5.92. The van der Waals surface area contributed by atoms with Crippen LogP contribution in [0.1, 0.15) is 46.5 Å². The van der Waals surface area contributed by atoms with Crippen molar-refractivity contribution < 1.29 is 18.0 Å². The molecule has 0 radical (unpaired) electrons. The number of anilines is 1. The Morgan fingerprint density at radius 1 is 1.03 bits per heavy atom. The van der Waals surface area contributed by atoms with E-state index in [-0.39, 0.29) is 19.0 Å². The third-order valence-corrected chi connectivity index (χ3v) is 5.44. The monoisotopic (exact) mass is 482 g/mol. The topological polar surface area (TPSA) is 84.7 Å². The smallest absolute Gasteiger partial charge is 0.365 e. The zero-order valence-electron chi connectivity index (χ0n) is 19.4. The molecule has 0 atom stereocenters. The van der Waals surface area contributed by atoms with Crippen molar-refractivity contribution in [1.82, 2.24) is 25.1 Å². The molecule has 2 aromatic heterocycles. The molecule has 35 heavy (non-hydrogen) atoms. The Morgan fingerprint density at radius 2 is 1.83 bits per heavy atom. The van der Waals surface area contributed by atoms with Crippen LogP contribution in [0.3, 0.4) is 0 Å². The number of aromatic nitrogens is 4. The van der Waals surface area contributed by atoms with E-state index in [1.165, 1.54) is 6.07 Å². The Bertz CT molecular complexity index is 1350. The molecule has 0 aliphatic rings. The molecule has 7 nitrogen and oxygen atoms in total. The first-order chi connectivity index (χ1) is 16.7. The van der Waals surface area contributed by atoms with Crippen molar-refractivity contribution in [3.05, 3.63) is 82.9 Å². The summed E-state index contributed by atoms with van der Waals surface area (Å²) in [6, 6.07) is 14.2. The van der Waals surface area contributed by atoms with E-state index in [9.17, 15) is 18.0 Å². The summed E-state index contributed by atoms with van der Waals surface area (Å²) in [4.78, 5) is 21.7. The van der Waals surface area contributed by atoms with Gasteiger partial charge in [0.05, 0.1) is 23.3 Å². The second-order valence-electron chi connectivity index (χ2n) is 8.13. The largest absolute Gasteiger partial charge is 0.416 e. The van der Waals surface area contributed by atoms with Crippen LogP contribution in [0.25, 0.3) is 10.9 Å². The van der Waals surface area contributed by atoms with Crippen molar-refractivity contribution >= 4 is 22.6 Å². The third kappa shape index (κ3) is 5.76. The second-order valence-corrected chi connectivity index (χ2v) is 8.13. The van der Waals surface area contributed by atoms with Gasteiger partial charge in [-0.3, -0.25) is 9.48 Å². The predicted octanol–water partition coefficient (Wildman–Crippen LogP) is 4.88. The van der Waals surface area contributed by atoms with Gasteiger partial charge in [0.2, 0.25) is 0 Å². The summed E-state index contributed by atoms with van der Waals surface area (Å²) in [5.41, 5.74) is 1.71. The Balaban J connectivity index is 1.52. The highest BCUT2D eigenvalue weighted by Crippen LogP contribution is 2.30. The average molecular weight is 483 g/mol. The van der Waals surface area contributed by atoms with E-state index in [4.69, 9.17) is 0 Å². The summed E-state index contributed by atoms with van der Waals surface area (Å²) in [6.45, 7) is 2.27. The van der Waals surface area contributed by atoms with Crippen LogP contribution in [-0.4, -0.2) is 25.7 Å². The Kier molecular flexibility index (Phi) is 6.99.